The number of aliphatic hydroxyl groups is 3. The minimum absolute atomic E-state index is 0.0880. The number of nitrogens with one attached hydrogen (secondary N) is 1. The number of hydrogen-bond donors (Lipinski definition) is 4. The Bertz CT molecular complexity index is 906. The number of carbonyl (C=O) groups is 1. The lowest BCUT2D eigenvalue weighted by Gasteiger charge is -2.41. The van der Waals surface area contributed by atoms with E-state index in [1.807, 2.05) is 37.3 Å². The summed E-state index contributed by atoms with van der Waals surface area (Å²) in [5, 5.41) is 34.2. The Kier molecular flexibility index (Phi) is 6.90. The molecule has 4 N–H and O–H groups in total. The van der Waals surface area contributed by atoms with Crippen LogP contribution in [-0.4, -0.2) is 64.9 Å². The van der Waals surface area contributed by atoms with Crippen LogP contribution in [0, 0.1) is 0 Å². The van der Waals surface area contributed by atoms with Gasteiger partial charge in [0.1, 0.15) is 30.0 Å². The van der Waals surface area contributed by atoms with Crippen LogP contribution in [-0.2, 0) is 14.2 Å². The average Bonchev–Trinajstić information content (AvgIpc) is 3.15. The summed E-state index contributed by atoms with van der Waals surface area (Å²) < 4.78 is 18.0. The highest BCUT2D eigenvalue weighted by molar-refractivity contribution is 5.94. The van der Waals surface area contributed by atoms with Gasteiger partial charge >= 0.3 is 0 Å². The van der Waals surface area contributed by atoms with E-state index < -0.39 is 42.9 Å². The first-order chi connectivity index (χ1) is 15.5. The quantitative estimate of drug-likeness (QED) is 0.512. The van der Waals surface area contributed by atoms with Crippen molar-refractivity contribution in [1.29, 1.82) is 0 Å². The van der Waals surface area contributed by atoms with Gasteiger partial charge in [0.25, 0.3) is 5.91 Å². The van der Waals surface area contributed by atoms with Crippen molar-refractivity contribution >= 4 is 5.91 Å². The second-order valence-electron chi connectivity index (χ2n) is 8.21. The first-order valence-electron chi connectivity index (χ1n) is 10.8. The van der Waals surface area contributed by atoms with Gasteiger partial charge in [-0.1, -0.05) is 49.4 Å². The van der Waals surface area contributed by atoms with E-state index in [2.05, 4.69) is 5.32 Å². The molecule has 8 nitrogen and oxygen atoms in total. The zero-order valence-electron chi connectivity index (χ0n) is 17.9. The van der Waals surface area contributed by atoms with Crippen LogP contribution in [0.4, 0.5) is 0 Å². The van der Waals surface area contributed by atoms with E-state index in [0.29, 0.717) is 17.7 Å². The predicted octanol–water partition coefficient (Wildman–Crippen LogP) is 1.46. The lowest BCUT2D eigenvalue weighted by Crippen LogP contribution is -2.56. The summed E-state index contributed by atoms with van der Waals surface area (Å²) in [7, 11) is 0. The minimum Gasteiger partial charge on any atom is -0.394 e. The largest absolute Gasteiger partial charge is 0.394 e. The average molecular weight is 443 g/mol. The summed E-state index contributed by atoms with van der Waals surface area (Å²) in [6, 6.07) is 16.0. The third-order valence-corrected chi connectivity index (χ3v) is 5.92. The smallest absolute Gasteiger partial charge is 0.251 e. The summed E-state index contributed by atoms with van der Waals surface area (Å²) in [6.45, 7) is 1.97. The van der Waals surface area contributed by atoms with E-state index in [1.54, 1.807) is 24.3 Å². The fourth-order valence-electron chi connectivity index (χ4n) is 4.21. The van der Waals surface area contributed by atoms with E-state index in [0.717, 1.165) is 12.0 Å². The molecule has 0 spiro atoms. The number of benzene rings is 2. The normalized spacial score (nSPS) is 30.5. The summed E-state index contributed by atoms with van der Waals surface area (Å²) in [4.78, 5) is 12.1. The van der Waals surface area contributed by atoms with Gasteiger partial charge in [0.15, 0.2) is 6.29 Å². The molecule has 2 aromatic carbocycles. The number of aliphatic hydroxyl groups excluding tert-OH is 2. The van der Waals surface area contributed by atoms with Crippen LogP contribution in [0.25, 0.3) is 0 Å². The molecular formula is C24H29NO7. The fraction of sp³-hybridized carbons (Fsp3) is 0.458. The minimum atomic E-state index is -1.54. The molecule has 0 aliphatic carbocycles. The molecule has 3 unspecified atom stereocenters. The Labute approximate surface area is 186 Å². The van der Waals surface area contributed by atoms with Crippen molar-refractivity contribution < 1.29 is 34.3 Å². The molecule has 2 fully saturated rings. The molecule has 2 heterocycles. The van der Waals surface area contributed by atoms with E-state index in [1.165, 1.54) is 0 Å². The van der Waals surface area contributed by atoms with Crippen LogP contribution in [0.5, 0.6) is 0 Å². The highest BCUT2D eigenvalue weighted by Gasteiger charge is 2.61. The Morgan fingerprint density at radius 2 is 1.84 bits per heavy atom. The van der Waals surface area contributed by atoms with Gasteiger partial charge in [-0.2, -0.15) is 0 Å². The zero-order chi connectivity index (χ0) is 22.7. The van der Waals surface area contributed by atoms with Gasteiger partial charge in [-0.25, -0.2) is 0 Å². The molecule has 0 radical (unpaired) electrons. The molecule has 2 aliphatic heterocycles. The Morgan fingerprint density at radius 3 is 2.50 bits per heavy atom. The molecule has 8 heteroatoms. The van der Waals surface area contributed by atoms with Crippen molar-refractivity contribution in [3.05, 3.63) is 71.3 Å². The maximum atomic E-state index is 12.1. The third-order valence-electron chi connectivity index (χ3n) is 5.92. The number of fused-ring (bicyclic) bond motifs is 1. The van der Waals surface area contributed by atoms with Crippen molar-refractivity contribution in [2.45, 2.75) is 49.7 Å². The molecule has 172 valence electrons. The zero-order valence-corrected chi connectivity index (χ0v) is 17.9. The molecule has 2 aliphatic rings. The Hall–Kier alpha value is -2.33. The van der Waals surface area contributed by atoms with E-state index in [9.17, 15) is 20.1 Å². The lowest BCUT2D eigenvalue weighted by atomic mass is 9.85. The summed E-state index contributed by atoms with van der Waals surface area (Å²) >= 11 is 0. The summed E-state index contributed by atoms with van der Waals surface area (Å²) in [5.74, 6) is -0.153. The molecular weight excluding hydrogens is 414 g/mol. The van der Waals surface area contributed by atoms with Gasteiger partial charge in [0, 0.05) is 17.7 Å². The number of hydrogen-bond acceptors (Lipinski definition) is 7. The standard InChI is InChI=1S/C24H29NO7/c1-2-12-25-22(28)16-8-10-17(11-9-16)23-30-14-24(29)20(15-6-4-3-5-7-15)31-19(18(27)13-26)21(24)32-23/h3-11,18-21,23,26-27,29H,2,12-14H2,1H3,(H,25,28)/t18?,19-,20?,21+,23?,24-/m1/s1. The molecule has 32 heavy (non-hydrogen) atoms. The van der Waals surface area contributed by atoms with Crippen LogP contribution >= 0.6 is 0 Å². The van der Waals surface area contributed by atoms with Crippen molar-refractivity contribution in [2.24, 2.45) is 0 Å². The van der Waals surface area contributed by atoms with Crippen molar-refractivity contribution in [2.75, 3.05) is 19.8 Å². The maximum Gasteiger partial charge on any atom is 0.251 e. The van der Waals surface area contributed by atoms with E-state index in [-0.39, 0.29) is 12.5 Å². The van der Waals surface area contributed by atoms with Gasteiger partial charge in [-0.3, -0.25) is 4.79 Å². The lowest BCUT2D eigenvalue weighted by molar-refractivity contribution is -0.292. The second kappa shape index (κ2) is 9.66. The topological polar surface area (TPSA) is 117 Å². The summed E-state index contributed by atoms with van der Waals surface area (Å²) in [6.07, 6.45) is -3.86. The van der Waals surface area contributed by atoms with Crippen LogP contribution in [0.15, 0.2) is 54.6 Å². The van der Waals surface area contributed by atoms with Gasteiger partial charge in [0.05, 0.1) is 13.2 Å². The SMILES string of the molecule is CCCNC(=O)c1ccc(C2OC[C@@]3(O)C(c4ccccc4)O[C@H](C(O)CO)[C@@H]3O2)cc1. The molecule has 2 saturated heterocycles. The Morgan fingerprint density at radius 1 is 1.12 bits per heavy atom. The first kappa shape index (κ1) is 22.8. The van der Waals surface area contributed by atoms with Gasteiger partial charge < -0.3 is 34.8 Å². The Balaban J connectivity index is 1.55. The van der Waals surface area contributed by atoms with Crippen LogP contribution < -0.4 is 5.32 Å². The van der Waals surface area contributed by atoms with E-state index >= 15 is 0 Å². The molecule has 4 rings (SSSR count). The number of ether oxygens (including phenoxy) is 3. The molecule has 0 saturated carbocycles. The third kappa shape index (κ3) is 4.30. The van der Waals surface area contributed by atoms with E-state index in [4.69, 9.17) is 14.2 Å². The molecule has 0 aromatic heterocycles. The van der Waals surface area contributed by atoms with Crippen LogP contribution in [0.2, 0.25) is 0 Å². The number of amides is 1. The molecule has 1 amide bonds. The van der Waals surface area contributed by atoms with Crippen molar-refractivity contribution in [3.63, 3.8) is 0 Å². The summed E-state index contributed by atoms with van der Waals surface area (Å²) in [5.41, 5.74) is 0.371. The second-order valence-corrected chi connectivity index (χ2v) is 8.21. The maximum absolute atomic E-state index is 12.1. The van der Waals surface area contributed by atoms with Gasteiger partial charge in [-0.15, -0.1) is 0 Å². The predicted molar refractivity (Wildman–Crippen MR) is 115 cm³/mol. The van der Waals surface area contributed by atoms with Crippen molar-refractivity contribution in [1.82, 2.24) is 5.32 Å². The highest BCUT2D eigenvalue weighted by atomic mass is 16.7. The first-order valence-corrected chi connectivity index (χ1v) is 10.8. The molecule has 0 bridgehead atoms. The monoisotopic (exact) mass is 443 g/mol. The van der Waals surface area contributed by atoms with Gasteiger partial charge in [0.2, 0.25) is 0 Å². The molecule has 6 atom stereocenters. The highest BCUT2D eigenvalue weighted by Crippen LogP contribution is 2.49. The van der Waals surface area contributed by atoms with Crippen LogP contribution in [0.3, 0.4) is 0 Å². The molecule has 2 aromatic rings. The van der Waals surface area contributed by atoms with Crippen molar-refractivity contribution in [3.8, 4) is 0 Å². The fourth-order valence-corrected chi connectivity index (χ4v) is 4.21. The number of carbonyl (C=O) groups excluding carboxylic acids is 1. The number of rotatable bonds is 7. The van der Waals surface area contributed by atoms with Gasteiger partial charge in [-0.05, 0) is 24.1 Å². The van der Waals surface area contributed by atoms with Crippen LogP contribution in [0.1, 0.15) is 47.2 Å².